The summed E-state index contributed by atoms with van der Waals surface area (Å²) in [6.07, 6.45) is 0.845. The molecule has 1 aliphatic rings. The molecule has 1 aliphatic heterocycles. The Morgan fingerprint density at radius 1 is 1.13 bits per heavy atom. The first-order valence-electron chi connectivity index (χ1n) is 9.77. The molecule has 8 nitrogen and oxygen atoms in total. The lowest BCUT2D eigenvalue weighted by molar-refractivity contribution is 0.100. The average Bonchev–Trinajstić information content (AvgIpc) is 3.22. The van der Waals surface area contributed by atoms with E-state index in [0.717, 1.165) is 30.0 Å². The van der Waals surface area contributed by atoms with E-state index >= 15 is 0 Å². The zero-order valence-electron chi connectivity index (χ0n) is 16.2. The van der Waals surface area contributed by atoms with Gasteiger partial charge in [-0.3, -0.25) is 4.79 Å². The van der Waals surface area contributed by atoms with Crippen molar-refractivity contribution in [1.82, 2.24) is 20.4 Å². The number of rotatable bonds is 5. The van der Waals surface area contributed by atoms with Crippen molar-refractivity contribution >= 4 is 22.7 Å². The highest BCUT2D eigenvalue weighted by Gasteiger charge is 2.22. The fourth-order valence-corrected chi connectivity index (χ4v) is 3.71. The molecular weight excluding hydrogens is 380 g/mol. The molecule has 0 radical (unpaired) electrons. The number of carbonyl (C=O) groups is 1. The molecule has 5 rings (SSSR count). The van der Waals surface area contributed by atoms with Gasteiger partial charge in [-0.25, -0.2) is 9.97 Å². The smallest absolute Gasteiger partial charge is 0.252 e. The maximum Gasteiger partial charge on any atom is 0.252 e. The van der Waals surface area contributed by atoms with Gasteiger partial charge in [-0.1, -0.05) is 41.6 Å². The summed E-state index contributed by atoms with van der Waals surface area (Å²) in [7, 11) is 0. The maximum atomic E-state index is 11.7. The van der Waals surface area contributed by atoms with Crippen LogP contribution in [-0.2, 0) is 19.5 Å². The number of carbonyl (C=O) groups excluding carboxylic acids is 1. The van der Waals surface area contributed by atoms with Crippen LogP contribution in [-0.4, -0.2) is 27.6 Å². The number of amides is 1. The Hall–Kier alpha value is -3.78. The first-order chi connectivity index (χ1) is 14.7. The molecule has 4 aromatic rings. The molecule has 0 saturated carbocycles. The molecule has 0 spiro atoms. The van der Waals surface area contributed by atoms with E-state index in [-0.39, 0.29) is 5.56 Å². The van der Waals surface area contributed by atoms with Gasteiger partial charge in [0.15, 0.2) is 17.1 Å². The second-order valence-corrected chi connectivity index (χ2v) is 7.16. The van der Waals surface area contributed by atoms with Gasteiger partial charge in [-0.2, -0.15) is 0 Å². The molecule has 30 heavy (non-hydrogen) atoms. The van der Waals surface area contributed by atoms with Crippen molar-refractivity contribution in [3.05, 3.63) is 70.9 Å². The number of para-hydroxylation sites is 1. The standard InChI is InChI=1S/C22H20N6O2/c23-20(29)16-8-4-7-15-18(28-30-19(15)16)22-26-17-12-24-10-9-14(17)21(27-22)25-11-13-5-2-1-3-6-13/h1-8,24H,9-12H2,(H2,23,29)(H,25,26,27). The summed E-state index contributed by atoms with van der Waals surface area (Å²) >= 11 is 0. The van der Waals surface area contributed by atoms with E-state index < -0.39 is 5.91 Å². The van der Waals surface area contributed by atoms with Crippen molar-refractivity contribution in [2.24, 2.45) is 5.73 Å². The van der Waals surface area contributed by atoms with Crippen molar-refractivity contribution in [3.63, 3.8) is 0 Å². The largest absolute Gasteiger partial charge is 0.366 e. The van der Waals surface area contributed by atoms with E-state index in [2.05, 4.69) is 27.9 Å². The maximum absolute atomic E-state index is 11.7. The molecule has 4 N–H and O–H groups in total. The van der Waals surface area contributed by atoms with Crippen LogP contribution in [0.3, 0.4) is 0 Å². The number of anilines is 1. The van der Waals surface area contributed by atoms with E-state index in [9.17, 15) is 4.79 Å². The van der Waals surface area contributed by atoms with E-state index in [1.54, 1.807) is 12.1 Å². The van der Waals surface area contributed by atoms with Crippen LogP contribution in [0, 0.1) is 0 Å². The Morgan fingerprint density at radius 3 is 2.83 bits per heavy atom. The zero-order chi connectivity index (χ0) is 20.5. The normalized spacial score (nSPS) is 13.2. The second-order valence-electron chi connectivity index (χ2n) is 7.16. The number of primary amides is 1. The highest BCUT2D eigenvalue weighted by atomic mass is 16.5. The van der Waals surface area contributed by atoms with E-state index in [4.69, 9.17) is 20.2 Å². The molecular formula is C22H20N6O2. The minimum atomic E-state index is -0.566. The van der Waals surface area contributed by atoms with Gasteiger partial charge < -0.3 is 20.9 Å². The van der Waals surface area contributed by atoms with Gasteiger partial charge in [0.1, 0.15) is 5.82 Å². The van der Waals surface area contributed by atoms with Crippen LogP contribution < -0.4 is 16.4 Å². The Bertz CT molecular complexity index is 1240. The van der Waals surface area contributed by atoms with Crippen molar-refractivity contribution in [2.45, 2.75) is 19.5 Å². The number of nitrogens with one attached hydrogen (secondary N) is 2. The van der Waals surface area contributed by atoms with Gasteiger partial charge in [0, 0.05) is 18.7 Å². The third-order valence-corrected chi connectivity index (χ3v) is 5.22. The van der Waals surface area contributed by atoms with Gasteiger partial charge in [0.2, 0.25) is 0 Å². The van der Waals surface area contributed by atoms with Crippen LogP contribution in [0.15, 0.2) is 53.1 Å². The molecule has 2 aromatic carbocycles. The van der Waals surface area contributed by atoms with Gasteiger partial charge in [0.05, 0.1) is 16.6 Å². The Morgan fingerprint density at radius 2 is 2.00 bits per heavy atom. The zero-order valence-corrected chi connectivity index (χ0v) is 16.2. The number of hydrogen-bond donors (Lipinski definition) is 3. The monoisotopic (exact) mass is 400 g/mol. The quantitative estimate of drug-likeness (QED) is 0.471. The van der Waals surface area contributed by atoms with Crippen LogP contribution >= 0.6 is 0 Å². The van der Waals surface area contributed by atoms with Crippen LogP contribution in [0.5, 0.6) is 0 Å². The summed E-state index contributed by atoms with van der Waals surface area (Å²) in [6, 6.07) is 15.3. The van der Waals surface area contributed by atoms with E-state index in [0.29, 0.717) is 35.6 Å². The number of benzene rings is 2. The molecule has 0 bridgehead atoms. The minimum absolute atomic E-state index is 0.285. The predicted molar refractivity (Wildman–Crippen MR) is 113 cm³/mol. The molecule has 0 atom stereocenters. The first-order valence-corrected chi connectivity index (χ1v) is 9.77. The fraction of sp³-hybridized carbons (Fsp3) is 0.182. The van der Waals surface area contributed by atoms with Crippen LogP contribution in [0.1, 0.15) is 27.2 Å². The number of hydrogen-bond acceptors (Lipinski definition) is 7. The molecule has 0 unspecified atom stereocenters. The summed E-state index contributed by atoms with van der Waals surface area (Å²) in [5, 5.41) is 11.6. The number of fused-ring (bicyclic) bond motifs is 2. The highest BCUT2D eigenvalue weighted by molar-refractivity contribution is 6.06. The fourth-order valence-electron chi connectivity index (χ4n) is 3.71. The summed E-state index contributed by atoms with van der Waals surface area (Å²) in [4.78, 5) is 21.2. The van der Waals surface area contributed by atoms with Gasteiger partial charge in [0.25, 0.3) is 5.91 Å². The van der Waals surface area contributed by atoms with Crippen molar-refractivity contribution in [1.29, 1.82) is 0 Å². The Balaban J connectivity index is 1.58. The molecule has 3 heterocycles. The topological polar surface area (TPSA) is 119 Å². The second kappa shape index (κ2) is 7.57. The van der Waals surface area contributed by atoms with Crippen molar-refractivity contribution in [3.8, 4) is 11.5 Å². The number of nitrogens with two attached hydrogens (primary N) is 1. The van der Waals surface area contributed by atoms with Gasteiger partial charge in [-0.15, -0.1) is 0 Å². The summed E-state index contributed by atoms with van der Waals surface area (Å²) in [6.45, 7) is 2.19. The van der Waals surface area contributed by atoms with E-state index in [1.807, 2.05) is 24.3 Å². The molecule has 0 aliphatic carbocycles. The summed E-state index contributed by atoms with van der Waals surface area (Å²) in [5.41, 5.74) is 9.79. The lowest BCUT2D eigenvalue weighted by Crippen LogP contribution is -2.26. The lowest BCUT2D eigenvalue weighted by Gasteiger charge is -2.20. The molecule has 8 heteroatoms. The third-order valence-electron chi connectivity index (χ3n) is 5.22. The van der Waals surface area contributed by atoms with Gasteiger partial charge in [-0.05, 0) is 30.7 Å². The summed E-state index contributed by atoms with van der Waals surface area (Å²) < 4.78 is 5.44. The van der Waals surface area contributed by atoms with Gasteiger partial charge >= 0.3 is 0 Å². The SMILES string of the molecule is NC(=O)c1cccc2c(-c3nc4c(c(NCc5ccccc5)n3)CCNC4)noc12. The molecule has 0 saturated heterocycles. The van der Waals surface area contributed by atoms with Crippen molar-refractivity contribution < 1.29 is 9.32 Å². The summed E-state index contributed by atoms with van der Waals surface area (Å²) in [5.74, 6) is 0.681. The van der Waals surface area contributed by atoms with Crippen LogP contribution in [0.25, 0.3) is 22.5 Å². The number of aromatic nitrogens is 3. The average molecular weight is 400 g/mol. The first kappa shape index (κ1) is 18.3. The lowest BCUT2D eigenvalue weighted by atomic mass is 10.1. The molecule has 2 aromatic heterocycles. The van der Waals surface area contributed by atoms with Crippen LogP contribution in [0.4, 0.5) is 5.82 Å². The highest BCUT2D eigenvalue weighted by Crippen LogP contribution is 2.31. The molecule has 0 fully saturated rings. The van der Waals surface area contributed by atoms with E-state index in [1.165, 1.54) is 5.56 Å². The Labute approximate surface area is 172 Å². The number of nitrogens with zero attached hydrogens (tertiary/aromatic N) is 3. The van der Waals surface area contributed by atoms with Crippen LogP contribution in [0.2, 0.25) is 0 Å². The third kappa shape index (κ3) is 3.27. The molecule has 150 valence electrons. The minimum Gasteiger partial charge on any atom is -0.366 e. The molecule has 1 amide bonds. The Kier molecular flexibility index (Phi) is 4.61. The van der Waals surface area contributed by atoms with Crippen molar-refractivity contribution in [2.75, 3.05) is 11.9 Å². The predicted octanol–water partition coefficient (Wildman–Crippen LogP) is 2.64.